The summed E-state index contributed by atoms with van der Waals surface area (Å²) < 4.78 is 16.8. The predicted octanol–water partition coefficient (Wildman–Crippen LogP) is 2.72. The molecule has 0 atom stereocenters. The van der Waals surface area contributed by atoms with Gasteiger partial charge in [-0.15, -0.1) is 0 Å². The molecular weight excluding hydrogens is 232 g/mol. The molecule has 0 N–H and O–H groups in total. The number of benzene rings is 1. The summed E-state index contributed by atoms with van der Waals surface area (Å²) in [6.45, 7) is 1.10. The molecule has 1 aromatic heterocycles. The Bertz CT molecular complexity index is 653. The third-order valence-corrected chi connectivity index (χ3v) is 3.51. The van der Waals surface area contributed by atoms with E-state index in [1.165, 1.54) is 0 Å². The van der Waals surface area contributed by atoms with Gasteiger partial charge in [-0.2, -0.15) is 0 Å². The number of hydrogen-bond acceptors (Lipinski definition) is 4. The first kappa shape index (κ1) is 10.00. The van der Waals surface area contributed by atoms with Crippen molar-refractivity contribution in [1.29, 1.82) is 0 Å². The molecule has 0 radical (unpaired) electrons. The van der Waals surface area contributed by atoms with Crippen molar-refractivity contribution in [2.45, 2.75) is 19.3 Å². The molecule has 2 heterocycles. The maximum atomic E-state index is 12.0. The van der Waals surface area contributed by atoms with Crippen LogP contribution in [0.1, 0.15) is 29.0 Å². The first-order chi connectivity index (χ1) is 8.83. The van der Waals surface area contributed by atoms with E-state index >= 15 is 0 Å². The highest BCUT2D eigenvalue weighted by Crippen LogP contribution is 2.39. The molecule has 4 heteroatoms. The van der Waals surface area contributed by atoms with E-state index in [1.807, 2.05) is 12.1 Å². The van der Waals surface area contributed by atoms with Gasteiger partial charge in [0.2, 0.25) is 0 Å². The molecular formula is C14H12O4. The molecule has 92 valence electrons. The number of ketones is 1. The molecule has 4 rings (SSSR count). The van der Waals surface area contributed by atoms with Crippen molar-refractivity contribution in [2.75, 3.05) is 13.2 Å². The summed E-state index contributed by atoms with van der Waals surface area (Å²) in [5.74, 6) is 2.39. The lowest BCUT2D eigenvalue weighted by Gasteiger charge is -2.17. The zero-order chi connectivity index (χ0) is 12.1. The van der Waals surface area contributed by atoms with Crippen LogP contribution in [0.25, 0.3) is 11.0 Å². The predicted molar refractivity (Wildman–Crippen MR) is 64.5 cm³/mol. The van der Waals surface area contributed by atoms with Crippen molar-refractivity contribution in [3.05, 3.63) is 23.5 Å². The number of Topliss-reactive ketones (excluding diaryl/α,β-unsaturated/α-hetero) is 1. The summed E-state index contributed by atoms with van der Waals surface area (Å²) >= 11 is 0. The molecule has 0 saturated heterocycles. The fraction of sp³-hybridized carbons (Fsp3) is 0.357. The standard InChI is InChI=1S/C14H12O4/c15-9-2-1-3-10-14(9)8-6-12-13(7-11(8)18-10)17-5-4-16-12/h6-7H,1-5H2. The number of fused-ring (bicyclic) bond motifs is 4. The molecule has 0 bridgehead atoms. The molecule has 1 aliphatic heterocycles. The fourth-order valence-corrected chi connectivity index (χ4v) is 2.70. The lowest BCUT2D eigenvalue weighted by Crippen LogP contribution is -2.15. The zero-order valence-corrected chi connectivity index (χ0v) is 9.82. The average molecular weight is 244 g/mol. The van der Waals surface area contributed by atoms with Crippen molar-refractivity contribution in [3.63, 3.8) is 0 Å². The molecule has 0 fully saturated rings. The van der Waals surface area contributed by atoms with Crippen molar-refractivity contribution in [2.24, 2.45) is 0 Å². The quantitative estimate of drug-likeness (QED) is 0.715. The van der Waals surface area contributed by atoms with Gasteiger partial charge in [0.05, 0.1) is 5.56 Å². The van der Waals surface area contributed by atoms with E-state index in [2.05, 4.69) is 0 Å². The summed E-state index contributed by atoms with van der Waals surface area (Å²) in [6.07, 6.45) is 2.32. The van der Waals surface area contributed by atoms with Gasteiger partial charge in [-0.1, -0.05) is 0 Å². The van der Waals surface area contributed by atoms with Gasteiger partial charge in [-0.05, 0) is 12.5 Å². The van der Waals surface area contributed by atoms with Crippen molar-refractivity contribution < 1.29 is 18.7 Å². The molecule has 2 aromatic rings. The van der Waals surface area contributed by atoms with Crippen LogP contribution in [0.2, 0.25) is 0 Å². The molecule has 18 heavy (non-hydrogen) atoms. The Balaban J connectivity index is 2.01. The van der Waals surface area contributed by atoms with Crippen molar-refractivity contribution in [1.82, 2.24) is 0 Å². The summed E-state index contributed by atoms with van der Waals surface area (Å²) in [4.78, 5) is 12.0. The number of ether oxygens (including phenoxy) is 2. The highest BCUT2D eigenvalue weighted by molar-refractivity contribution is 6.09. The Morgan fingerprint density at radius 3 is 2.61 bits per heavy atom. The number of carbonyl (C=O) groups is 1. The molecule has 1 aromatic carbocycles. The van der Waals surface area contributed by atoms with E-state index in [9.17, 15) is 4.79 Å². The second kappa shape index (κ2) is 3.51. The molecule has 1 aliphatic carbocycles. The Labute approximate surface area is 103 Å². The number of aryl methyl sites for hydroxylation is 1. The first-order valence-corrected chi connectivity index (χ1v) is 6.21. The topological polar surface area (TPSA) is 48.7 Å². The summed E-state index contributed by atoms with van der Waals surface area (Å²) in [5.41, 5.74) is 1.47. The lowest BCUT2D eigenvalue weighted by atomic mass is 9.94. The van der Waals surface area contributed by atoms with E-state index in [-0.39, 0.29) is 5.78 Å². The number of carbonyl (C=O) groups excluding carboxylic acids is 1. The van der Waals surface area contributed by atoms with Crippen LogP contribution in [-0.2, 0) is 6.42 Å². The zero-order valence-electron chi connectivity index (χ0n) is 9.82. The molecule has 0 saturated carbocycles. The van der Waals surface area contributed by atoms with Crippen molar-refractivity contribution >= 4 is 16.8 Å². The van der Waals surface area contributed by atoms with Gasteiger partial charge in [-0.25, -0.2) is 0 Å². The molecule has 4 nitrogen and oxygen atoms in total. The normalized spacial score (nSPS) is 17.9. The van der Waals surface area contributed by atoms with Crippen LogP contribution >= 0.6 is 0 Å². The minimum Gasteiger partial charge on any atom is -0.486 e. The van der Waals surface area contributed by atoms with Gasteiger partial charge in [0.15, 0.2) is 17.3 Å². The molecule has 2 aliphatic rings. The monoisotopic (exact) mass is 244 g/mol. The van der Waals surface area contributed by atoms with Gasteiger partial charge in [0, 0.05) is 24.3 Å². The Morgan fingerprint density at radius 2 is 1.78 bits per heavy atom. The maximum absolute atomic E-state index is 12.0. The van der Waals surface area contributed by atoms with Crippen molar-refractivity contribution in [3.8, 4) is 11.5 Å². The third kappa shape index (κ3) is 1.29. The van der Waals surface area contributed by atoms with Crippen LogP contribution in [0.3, 0.4) is 0 Å². The average Bonchev–Trinajstić information content (AvgIpc) is 2.74. The first-order valence-electron chi connectivity index (χ1n) is 6.21. The van der Waals surface area contributed by atoms with Crippen LogP contribution in [0.4, 0.5) is 0 Å². The minimum absolute atomic E-state index is 0.173. The molecule has 0 amide bonds. The Kier molecular flexibility index (Phi) is 1.95. The second-order valence-corrected chi connectivity index (χ2v) is 4.67. The Hall–Kier alpha value is -1.97. The third-order valence-electron chi connectivity index (χ3n) is 3.51. The number of rotatable bonds is 0. The SMILES string of the molecule is O=C1CCCc2oc3cc4c(cc3c21)OCCO4. The van der Waals surface area contributed by atoms with Crippen LogP contribution in [0, 0.1) is 0 Å². The number of furan rings is 1. The van der Waals surface area contributed by atoms with Gasteiger partial charge < -0.3 is 13.9 Å². The summed E-state index contributed by atoms with van der Waals surface area (Å²) in [7, 11) is 0. The fourth-order valence-electron chi connectivity index (χ4n) is 2.70. The van der Waals surface area contributed by atoms with E-state index < -0.39 is 0 Å². The summed E-state index contributed by atoms with van der Waals surface area (Å²) in [6, 6.07) is 3.70. The van der Waals surface area contributed by atoms with Gasteiger partial charge in [0.25, 0.3) is 0 Å². The largest absolute Gasteiger partial charge is 0.486 e. The maximum Gasteiger partial charge on any atom is 0.167 e. The minimum atomic E-state index is 0.173. The molecule has 0 spiro atoms. The van der Waals surface area contributed by atoms with Crippen LogP contribution in [0.5, 0.6) is 11.5 Å². The van der Waals surface area contributed by atoms with Gasteiger partial charge in [0.1, 0.15) is 24.6 Å². The second-order valence-electron chi connectivity index (χ2n) is 4.67. The van der Waals surface area contributed by atoms with Crippen LogP contribution in [0.15, 0.2) is 16.5 Å². The lowest BCUT2D eigenvalue weighted by molar-refractivity contribution is 0.0971. The molecule has 0 unspecified atom stereocenters. The van der Waals surface area contributed by atoms with E-state index in [0.717, 1.165) is 35.1 Å². The van der Waals surface area contributed by atoms with Gasteiger partial charge >= 0.3 is 0 Å². The summed E-state index contributed by atoms with van der Waals surface area (Å²) in [5, 5.41) is 0.860. The van der Waals surface area contributed by atoms with Crippen LogP contribution < -0.4 is 9.47 Å². The highest BCUT2D eigenvalue weighted by atomic mass is 16.6. The van der Waals surface area contributed by atoms with E-state index in [1.54, 1.807) is 0 Å². The van der Waals surface area contributed by atoms with Gasteiger partial charge in [-0.3, -0.25) is 4.79 Å². The van der Waals surface area contributed by atoms with E-state index in [0.29, 0.717) is 31.1 Å². The smallest absolute Gasteiger partial charge is 0.167 e. The number of hydrogen-bond donors (Lipinski definition) is 0. The highest BCUT2D eigenvalue weighted by Gasteiger charge is 2.26. The van der Waals surface area contributed by atoms with Crippen LogP contribution in [-0.4, -0.2) is 19.0 Å². The Morgan fingerprint density at radius 1 is 1.00 bits per heavy atom. The van der Waals surface area contributed by atoms with E-state index in [4.69, 9.17) is 13.9 Å².